The molecule has 0 fully saturated rings. The van der Waals surface area contributed by atoms with Gasteiger partial charge in [0.05, 0.1) is 22.9 Å². The number of hydrogen-bond donors (Lipinski definition) is 0. The molecule has 0 spiro atoms. The molecule has 222 valence electrons. The number of benzene rings is 8. The van der Waals surface area contributed by atoms with Crippen LogP contribution in [-0.2, 0) is 0 Å². The molecule has 0 radical (unpaired) electrons. The van der Waals surface area contributed by atoms with Crippen LogP contribution >= 0.6 is 0 Å². The van der Waals surface area contributed by atoms with Gasteiger partial charge in [0.2, 0.25) is 0 Å². The SMILES string of the molecule is c1ccc2cc(-c3c4oc5ccccc5c4cc4oc5ccccc5c34)c(-c3cnc4c5ccccc5c5ccccc5c4n3)cc2c1. The Labute approximate surface area is 273 Å². The highest BCUT2D eigenvalue weighted by molar-refractivity contribution is 6.26. The molecule has 4 heteroatoms. The van der Waals surface area contributed by atoms with E-state index in [9.17, 15) is 0 Å². The molecule has 3 heterocycles. The minimum atomic E-state index is 0.803. The van der Waals surface area contributed by atoms with E-state index in [1.165, 1.54) is 10.8 Å². The molecule has 0 amide bonds. The van der Waals surface area contributed by atoms with Gasteiger partial charge in [0.25, 0.3) is 0 Å². The minimum Gasteiger partial charge on any atom is -0.456 e. The second-order valence-corrected chi connectivity index (χ2v) is 12.5. The number of furan rings is 2. The highest BCUT2D eigenvalue weighted by Gasteiger charge is 2.24. The number of aromatic nitrogens is 2. The Morgan fingerprint density at radius 2 is 0.979 bits per heavy atom. The molecule has 0 atom stereocenters. The van der Waals surface area contributed by atoms with Crippen LogP contribution in [0, 0.1) is 0 Å². The molecule has 0 aliphatic heterocycles. The second kappa shape index (κ2) is 9.50. The fraction of sp³-hybridized carbons (Fsp3) is 0. The fourth-order valence-corrected chi connectivity index (χ4v) is 7.73. The topological polar surface area (TPSA) is 52.1 Å². The van der Waals surface area contributed by atoms with E-state index in [2.05, 4.69) is 115 Å². The van der Waals surface area contributed by atoms with E-state index in [4.69, 9.17) is 18.8 Å². The summed E-state index contributed by atoms with van der Waals surface area (Å²) in [5, 5.41) is 11.0. The van der Waals surface area contributed by atoms with Crippen molar-refractivity contribution in [2.24, 2.45) is 0 Å². The van der Waals surface area contributed by atoms with Gasteiger partial charge in [-0.1, -0.05) is 109 Å². The smallest absolute Gasteiger partial charge is 0.144 e. The Balaban J connectivity index is 1.32. The average molecular weight is 613 g/mol. The van der Waals surface area contributed by atoms with Crippen LogP contribution in [0.15, 0.2) is 155 Å². The van der Waals surface area contributed by atoms with E-state index in [1.54, 1.807) is 0 Å². The van der Waals surface area contributed by atoms with Gasteiger partial charge >= 0.3 is 0 Å². The molecule has 0 saturated carbocycles. The Bertz CT molecular complexity index is 3090. The van der Waals surface area contributed by atoms with Gasteiger partial charge in [0.1, 0.15) is 22.3 Å². The Hall–Kier alpha value is -6.52. The second-order valence-electron chi connectivity index (χ2n) is 12.5. The highest BCUT2D eigenvalue weighted by atomic mass is 16.3. The minimum absolute atomic E-state index is 0.803. The van der Waals surface area contributed by atoms with Crippen LogP contribution in [0.25, 0.3) is 110 Å². The van der Waals surface area contributed by atoms with Crippen LogP contribution < -0.4 is 0 Å². The lowest BCUT2D eigenvalue weighted by molar-refractivity contribution is 0.664. The third kappa shape index (κ3) is 3.49. The van der Waals surface area contributed by atoms with Gasteiger partial charge in [-0.15, -0.1) is 0 Å². The maximum absolute atomic E-state index is 6.77. The zero-order chi connectivity index (χ0) is 31.3. The molecule has 0 aliphatic rings. The molecule has 8 aromatic carbocycles. The standard InChI is InChI=1S/C44H24N2O2/c1-2-12-26-22-34(41-40-32-18-8-10-20-38(32)47-39(40)23-35-29-15-7-9-19-37(29)48-44(35)41)33(21-25(26)11-1)36-24-45-42-30-16-5-3-13-27(30)28-14-4-6-17-31(28)43(42)46-36/h1-24H. The Kier molecular flexibility index (Phi) is 5.08. The van der Waals surface area contributed by atoms with E-state index in [1.807, 2.05) is 30.5 Å². The van der Waals surface area contributed by atoms with Gasteiger partial charge in [-0.2, -0.15) is 0 Å². The van der Waals surface area contributed by atoms with Gasteiger partial charge in [0.15, 0.2) is 0 Å². The molecule has 0 N–H and O–H groups in total. The monoisotopic (exact) mass is 612 g/mol. The van der Waals surface area contributed by atoms with Crippen LogP contribution in [0.5, 0.6) is 0 Å². The average Bonchev–Trinajstić information content (AvgIpc) is 3.71. The number of nitrogens with zero attached hydrogens (tertiary/aromatic N) is 2. The molecular formula is C44H24N2O2. The summed E-state index contributed by atoms with van der Waals surface area (Å²) in [4.78, 5) is 10.6. The number of para-hydroxylation sites is 2. The first-order valence-electron chi connectivity index (χ1n) is 16.2. The van der Waals surface area contributed by atoms with Gasteiger partial charge in [-0.05, 0) is 57.4 Å². The van der Waals surface area contributed by atoms with Crippen LogP contribution in [0.3, 0.4) is 0 Å². The molecule has 0 aliphatic carbocycles. The van der Waals surface area contributed by atoms with Crippen molar-refractivity contribution in [2.45, 2.75) is 0 Å². The normalized spacial score (nSPS) is 12.2. The summed E-state index contributed by atoms with van der Waals surface area (Å²) in [6, 6.07) is 48.6. The lowest BCUT2D eigenvalue weighted by Crippen LogP contribution is -1.95. The van der Waals surface area contributed by atoms with Crippen molar-refractivity contribution in [2.75, 3.05) is 0 Å². The number of rotatable bonds is 2. The van der Waals surface area contributed by atoms with E-state index in [0.29, 0.717) is 0 Å². The quantitative estimate of drug-likeness (QED) is 0.182. The summed E-state index contributed by atoms with van der Waals surface area (Å²) in [5.41, 5.74) is 8.94. The van der Waals surface area contributed by atoms with Gasteiger partial charge < -0.3 is 8.83 Å². The van der Waals surface area contributed by atoms with Crippen molar-refractivity contribution in [3.05, 3.63) is 146 Å². The number of hydrogen-bond acceptors (Lipinski definition) is 4. The zero-order valence-electron chi connectivity index (χ0n) is 25.6. The zero-order valence-corrected chi connectivity index (χ0v) is 25.6. The largest absolute Gasteiger partial charge is 0.456 e. The van der Waals surface area contributed by atoms with E-state index < -0.39 is 0 Å². The van der Waals surface area contributed by atoms with Gasteiger partial charge in [-0.3, -0.25) is 4.98 Å². The summed E-state index contributed by atoms with van der Waals surface area (Å²) in [6.07, 6.45) is 1.93. The maximum Gasteiger partial charge on any atom is 0.144 e. The van der Waals surface area contributed by atoms with Crippen LogP contribution in [0.4, 0.5) is 0 Å². The summed E-state index contributed by atoms with van der Waals surface area (Å²) in [6.45, 7) is 0. The van der Waals surface area contributed by atoms with E-state index in [0.717, 1.165) is 98.8 Å². The third-order valence-electron chi connectivity index (χ3n) is 9.87. The molecule has 48 heavy (non-hydrogen) atoms. The van der Waals surface area contributed by atoms with Crippen molar-refractivity contribution >= 4 is 87.2 Å². The summed E-state index contributed by atoms with van der Waals surface area (Å²) in [7, 11) is 0. The lowest BCUT2D eigenvalue weighted by Gasteiger charge is -2.15. The molecule has 11 rings (SSSR count). The molecule has 0 saturated heterocycles. The summed E-state index contributed by atoms with van der Waals surface area (Å²) < 4.78 is 13.3. The first kappa shape index (κ1) is 25.6. The predicted octanol–water partition coefficient (Wildman–Crippen LogP) is 12.2. The van der Waals surface area contributed by atoms with Crippen molar-refractivity contribution < 1.29 is 8.83 Å². The highest BCUT2D eigenvalue weighted by Crippen LogP contribution is 2.48. The third-order valence-corrected chi connectivity index (χ3v) is 9.87. The fourth-order valence-electron chi connectivity index (χ4n) is 7.73. The molecule has 4 nitrogen and oxygen atoms in total. The first-order valence-corrected chi connectivity index (χ1v) is 16.2. The molecular weight excluding hydrogens is 588 g/mol. The Morgan fingerprint density at radius 1 is 0.417 bits per heavy atom. The van der Waals surface area contributed by atoms with Crippen molar-refractivity contribution in [3.8, 4) is 22.4 Å². The molecule has 3 aromatic heterocycles. The summed E-state index contributed by atoms with van der Waals surface area (Å²) >= 11 is 0. The van der Waals surface area contributed by atoms with E-state index >= 15 is 0 Å². The molecule has 11 aromatic rings. The van der Waals surface area contributed by atoms with Crippen LogP contribution in [-0.4, -0.2) is 9.97 Å². The predicted molar refractivity (Wildman–Crippen MR) is 197 cm³/mol. The van der Waals surface area contributed by atoms with Crippen molar-refractivity contribution in [3.63, 3.8) is 0 Å². The first-order chi connectivity index (χ1) is 23.8. The lowest BCUT2D eigenvalue weighted by atomic mass is 9.90. The number of fused-ring (bicyclic) bond motifs is 13. The van der Waals surface area contributed by atoms with E-state index in [-0.39, 0.29) is 0 Å². The van der Waals surface area contributed by atoms with Gasteiger partial charge in [-0.25, -0.2) is 4.98 Å². The van der Waals surface area contributed by atoms with Crippen LogP contribution in [0.2, 0.25) is 0 Å². The van der Waals surface area contributed by atoms with Crippen molar-refractivity contribution in [1.82, 2.24) is 9.97 Å². The molecule has 0 bridgehead atoms. The summed E-state index contributed by atoms with van der Waals surface area (Å²) in [5.74, 6) is 0. The van der Waals surface area contributed by atoms with Crippen molar-refractivity contribution in [1.29, 1.82) is 0 Å². The molecule has 0 unspecified atom stereocenters. The van der Waals surface area contributed by atoms with Gasteiger partial charge in [0, 0.05) is 43.4 Å². The Morgan fingerprint density at radius 3 is 1.71 bits per heavy atom. The maximum atomic E-state index is 6.77. The van der Waals surface area contributed by atoms with Crippen LogP contribution in [0.1, 0.15) is 0 Å².